The van der Waals surface area contributed by atoms with Crippen molar-refractivity contribution < 1.29 is 0 Å². The summed E-state index contributed by atoms with van der Waals surface area (Å²) in [6.07, 6.45) is 7.80. The van der Waals surface area contributed by atoms with Gasteiger partial charge in [0.25, 0.3) is 0 Å². The zero-order valence-electron chi connectivity index (χ0n) is 14.3. The van der Waals surface area contributed by atoms with Crippen molar-refractivity contribution >= 4 is 44.4 Å². The molecule has 0 fully saturated rings. The Labute approximate surface area is 162 Å². The molecule has 0 radical (unpaired) electrons. The second-order valence-corrected chi connectivity index (χ2v) is 8.74. The zero-order chi connectivity index (χ0) is 17.7. The highest BCUT2D eigenvalue weighted by molar-refractivity contribution is 9.10. The first-order valence-corrected chi connectivity index (χ1v) is 9.97. The van der Waals surface area contributed by atoms with Crippen molar-refractivity contribution in [3.8, 4) is 10.4 Å². The summed E-state index contributed by atoms with van der Waals surface area (Å²) in [6, 6.07) is 11.0. The van der Waals surface area contributed by atoms with E-state index in [0.29, 0.717) is 5.88 Å². The van der Waals surface area contributed by atoms with Crippen LogP contribution in [0.5, 0.6) is 0 Å². The fraction of sp³-hybridized carbons (Fsp3) is 0.238. The first kappa shape index (κ1) is 19.2. The lowest BCUT2D eigenvalue weighted by atomic mass is 9.86. The SMILES string of the molecule is C=C/C=C(\C=C/CCl)c1cc(Br)c(-c2ccc(C(C)(C)C)cc2)s1. The average molecular weight is 422 g/mol. The van der Waals surface area contributed by atoms with E-state index >= 15 is 0 Å². The second-order valence-electron chi connectivity index (χ2n) is 6.53. The predicted octanol–water partition coefficient (Wildman–Crippen LogP) is 7.84. The molecule has 0 unspecified atom stereocenters. The normalized spacial score (nSPS) is 12.8. The molecule has 2 aromatic rings. The highest BCUT2D eigenvalue weighted by Gasteiger charge is 2.15. The van der Waals surface area contributed by atoms with Gasteiger partial charge in [0.2, 0.25) is 0 Å². The van der Waals surface area contributed by atoms with E-state index in [-0.39, 0.29) is 5.41 Å². The van der Waals surface area contributed by atoms with E-state index in [9.17, 15) is 0 Å². The number of thiophene rings is 1. The van der Waals surface area contributed by atoms with Gasteiger partial charge in [0.1, 0.15) is 0 Å². The molecule has 0 spiro atoms. The quantitative estimate of drug-likeness (QED) is 0.340. The van der Waals surface area contributed by atoms with Crippen molar-refractivity contribution in [1.29, 1.82) is 0 Å². The van der Waals surface area contributed by atoms with Gasteiger partial charge in [-0.1, -0.05) is 75.9 Å². The minimum Gasteiger partial charge on any atom is -0.134 e. The Morgan fingerprint density at radius 3 is 2.46 bits per heavy atom. The van der Waals surface area contributed by atoms with Crippen molar-refractivity contribution in [2.45, 2.75) is 26.2 Å². The van der Waals surface area contributed by atoms with Crippen LogP contribution in [0.25, 0.3) is 16.0 Å². The summed E-state index contributed by atoms with van der Waals surface area (Å²) in [5, 5.41) is 0. The molecule has 0 atom stereocenters. The number of hydrogen-bond acceptors (Lipinski definition) is 1. The van der Waals surface area contributed by atoms with Crippen LogP contribution in [-0.2, 0) is 5.41 Å². The third kappa shape index (κ3) is 4.72. The van der Waals surface area contributed by atoms with Crippen molar-refractivity contribution in [2.75, 3.05) is 5.88 Å². The number of alkyl halides is 1. The molecular weight excluding hydrogens is 400 g/mol. The molecule has 1 aromatic heterocycles. The first-order chi connectivity index (χ1) is 11.4. The van der Waals surface area contributed by atoms with E-state index in [1.807, 2.05) is 18.2 Å². The van der Waals surface area contributed by atoms with E-state index in [1.165, 1.54) is 20.9 Å². The van der Waals surface area contributed by atoms with Crippen LogP contribution in [0, 0.1) is 0 Å². The summed E-state index contributed by atoms with van der Waals surface area (Å²) in [5.41, 5.74) is 3.86. The van der Waals surface area contributed by atoms with Crippen LogP contribution in [0.2, 0.25) is 0 Å². The van der Waals surface area contributed by atoms with Crippen LogP contribution >= 0.6 is 38.9 Å². The third-order valence-corrected chi connectivity index (χ3v) is 5.97. The Kier molecular flexibility index (Phi) is 6.68. The zero-order valence-corrected chi connectivity index (χ0v) is 17.4. The third-order valence-electron chi connectivity index (χ3n) is 3.67. The fourth-order valence-corrected chi connectivity index (χ4v) is 4.35. The lowest BCUT2D eigenvalue weighted by Gasteiger charge is -2.19. The Morgan fingerprint density at radius 2 is 1.92 bits per heavy atom. The summed E-state index contributed by atoms with van der Waals surface area (Å²) in [6.45, 7) is 10.5. The molecule has 3 heteroatoms. The molecule has 126 valence electrons. The lowest BCUT2D eigenvalue weighted by Crippen LogP contribution is -2.10. The van der Waals surface area contributed by atoms with Gasteiger partial charge in [-0.25, -0.2) is 0 Å². The lowest BCUT2D eigenvalue weighted by molar-refractivity contribution is 0.590. The molecule has 0 amide bonds. The second kappa shape index (κ2) is 8.33. The van der Waals surface area contributed by atoms with Crippen LogP contribution in [0.4, 0.5) is 0 Å². The molecular formula is C21H22BrClS. The molecule has 0 bridgehead atoms. The molecule has 2 rings (SSSR count). The van der Waals surface area contributed by atoms with Crippen molar-refractivity contribution in [1.82, 2.24) is 0 Å². The molecule has 24 heavy (non-hydrogen) atoms. The Bertz CT molecular complexity index is 758. The minimum atomic E-state index is 0.169. The molecule has 0 nitrogen and oxygen atoms in total. The van der Waals surface area contributed by atoms with Crippen molar-refractivity contribution in [2.24, 2.45) is 0 Å². The number of allylic oxidation sites excluding steroid dienone is 5. The fourth-order valence-electron chi connectivity index (χ4n) is 2.35. The Morgan fingerprint density at radius 1 is 1.25 bits per heavy atom. The average Bonchev–Trinajstić information content (AvgIpc) is 2.92. The molecule has 0 N–H and O–H groups in total. The van der Waals surface area contributed by atoms with Crippen molar-refractivity contribution in [3.63, 3.8) is 0 Å². The van der Waals surface area contributed by atoms with E-state index in [4.69, 9.17) is 11.6 Å². The number of halogens is 2. The van der Waals surface area contributed by atoms with E-state index in [2.05, 4.69) is 73.6 Å². The van der Waals surface area contributed by atoms with Gasteiger partial charge >= 0.3 is 0 Å². The summed E-state index contributed by atoms with van der Waals surface area (Å²) < 4.78 is 1.11. The van der Waals surface area contributed by atoms with E-state index in [0.717, 1.165) is 10.0 Å². The van der Waals surface area contributed by atoms with Crippen LogP contribution in [0.15, 0.2) is 65.7 Å². The molecule has 0 aliphatic carbocycles. The molecule has 0 saturated carbocycles. The maximum Gasteiger partial charge on any atom is 0.0491 e. The first-order valence-electron chi connectivity index (χ1n) is 7.82. The van der Waals surface area contributed by atoms with Gasteiger partial charge in [-0.3, -0.25) is 0 Å². The van der Waals surface area contributed by atoms with Gasteiger partial charge in [-0.05, 0) is 44.1 Å². The number of rotatable bonds is 5. The maximum absolute atomic E-state index is 5.77. The summed E-state index contributed by atoms with van der Waals surface area (Å²) in [4.78, 5) is 2.43. The Hall–Kier alpha value is -1.09. The molecule has 1 heterocycles. The molecule has 0 saturated heterocycles. The monoisotopic (exact) mass is 420 g/mol. The minimum absolute atomic E-state index is 0.169. The molecule has 0 aliphatic heterocycles. The van der Waals surface area contributed by atoms with E-state index in [1.54, 1.807) is 17.4 Å². The summed E-state index contributed by atoms with van der Waals surface area (Å²) >= 11 is 11.2. The van der Waals surface area contributed by atoms with Gasteiger partial charge in [-0.15, -0.1) is 22.9 Å². The van der Waals surface area contributed by atoms with Crippen LogP contribution in [0.3, 0.4) is 0 Å². The number of benzene rings is 1. The van der Waals surface area contributed by atoms with Gasteiger partial charge in [0, 0.05) is 20.1 Å². The molecule has 0 aliphatic rings. The van der Waals surface area contributed by atoms with Crippen LogP contribution < -0.4 is 0 Å². The van der Waals surface area contributed by atoms with Gasteiger partial charge < -0.3 is 0 Å². The van der Waals surface area contributed by atoms with Crippen LogP contribution in [-0.4, -0.2) is 5.88 Å². The summed E-state index contributed by atoms with van der Waals surface area (Å²) in [7, 11) is 0. The molecule has 1 aromatic carbocycles. The van der Waals surface area contributed by atoms with Crippen LogP contribution in [0.1, 0.15) is 31.2 Å². The topological polar surface area (TPSA) is 0 Å². The highest BCUT2D eigenvalue weighted by atomic mass is 79.9. The smallest absolute Gasteiger partial charge is 0.0491 e. The van der Waals surface area contributed by atoms with E-state index < -0.39 is 0 Å². The van der Waals surface area contributed by atoms with Crippen molar-refractivity contribution in [3.05, 3.63) is 76.1 Å². The standard InChI is InChI=1S/C21H22BrClS/c1-5-7-15(8-6-13-23)19-14-18(22)20(24-19)16-9-11-17(12-10-16)21(2,3)4/h5-12,14H,1,13H2,2-4H3/b8-6-,15-7+. The largest absolute Gasteiger partial charge is 0.134 e. The summed E-state index contributed by atoms with van der Waals surface area (Å²) in [5.74, 6) is 0.502. The van der Waals surface area contributed by atoms with Gasteiger partial charge in [-0.2, -0.15) is 0 Å². The Balaban J connectivity index is 2.39. The maximum atomic E-state index is 5.77. The predicted molar refractivity (Wildman–Crippen MR) is 114 cm³/mol. The van der Waals surface area contributed by atoms with Gasteiger partial charge in [0.15, 0.2) is 0 Å². The van der Waals surface area contributed by atoms with Gasteiger partial charge in [0.05, 0.1) is 0 Å². The number of hydrogen-bond donors (Lipinski definition) is 0. The highest BCUT2D eigenvalue weighted by Crippen LogP contribution is 2.40.